The first-order chi connectivity index (χ1) is 7.47. The first kappa shape index (κ1) is 13.1. The third kappa shape index (κ3) is 3.26. The van der Waals surface area contributed by atoms with Gasteiger partial charge in [0.15, 0.2) is 14.9 Å². The molecule has 0 aliphatic rings. The van der Waals surface area contributed by atoms with Gasteiger partial charge in [0, 0.05) is 18.8 Å². The molecule has 0 aromatic carbocycles. The van der Waals surface area contributed by atoms with Crippen LogP contribution in [0.4, 0.5) is 0 Å². The average Bonchev–Trinajstić information content (AvgIpc) is 2.26. The van der Waals surface area contributed by atoms with E-state index < -0.39 is 9.84 Å². The highest BCUT2D eigenvalue weighted by Gasteiger charge is 2.16. The van der Waals surface area contributed by atoms with Crippen LogP contribution in [0, 0.1) is 0 Å². The number of nitrogens with zero attached hydrogens (tertiary/aromatic N) is 1. The molecule has 1 atom stereocenters. The van der Waals surface area contributed by atoms with Gasteiger partial charge in [-0.2, -0.15) is 0 Å². The predicted octanol–water partition coefficient (Wildman–Crippen LogP) is 0.257. The molecule has 5 nitrogen and oxygen atoms in total. The van der Waals surface area contributed by atoms with E-state index in [-0.39, 0.29) is 29.8 Å². The summed E-state index contributed by atoms with van der Waals surface area (Å²) in [5.41, 5.74) is 6.40. The monoisotopic (exact) mass is 244 g/mol. The van der Waals surface area contributed by atoms with Crippen LogP contribution in [0.15, 0.2) is 23.4 Å². The first-order valence-electron chi connectivity index (χ1n) is 5.02. The Kier molecular flexibility index (Phi) is 4.40. The van der Waals surface area contributed by atoms with Crippen molar-refractivity contribution >= 4 is 9.84 Å². The van der Waals surface area contributed by atoms with E-state index in [0.717, 1.165) is 5.56 Å². The van der Waals surface area contributed by atoms with E-state index >= 15 is 0 Å². The van der Waals surface area contributed by atoms with Crippen LogP contribution in [0.1, 0.15) is 24.9 Å². The normalized spacial score (nSPS) is 13.7. The lowest BCUT2D eigenvalue weighted by Crippen LogP contribution is -2.12. The van der Waals surface area contributed by atoms with Gasteiger partial charge in [0.1, 0.15) is 0 Å². The first-order valence-corrected chi connectivity index (χ1v) is 6.68. The standard InChI is InChI=1S/C10H16N2O3S/c1-8(11)9-3-4-12-10(7-9)16(14,15)6-2-5-13/h3-4,7-8,13H,2,5-6,11H2,1H3/t8-/m0/s1. The summed E-state index contributed by atoms with van der Waals surface area (Å²) in [6.07, 6.45) is 1.65. The molecule has 0 bridgehead atoms. The molecule has 6 heteroatoms. The maximum Gasteiger partial charge on any atom is 0.195 e. The lowest BCUT2D eigenvalue weighted by Gasteiger charge is -2.07. The van der Waals surface area contributed by atoms with Crippen molar-refractivity contribution in [3.8, 4) is 0 Å². The molecule has 0 amide bonds. The summed E-state index contributed by atoms with van der Waals surface area (Å²) in [6, 6.07) is 2.95. The van der Waals surface area contributed by atoms with Gasteiger partial charge in [0.05, 0.1) is 5.75 Å². The highest BCUT2D eigenvalue weighted by atomic mass is 32.2. The molecule has 1 heterocycles. The van der Waals surface area contributed by atoms with Crippen LogP contribution in [0.2, 0.25) is 0 Å². The molecule has 0 aliphatic carbocycles. The summed E-state index contributed by atoms with van der Waals surface area (Å²) >= 11 is 0. The van der Waals surface area contributed by atoms with Crippen LogP contribution in [-0.4, -0.2) is 30.9 Å². The number of rotatable bonds is 5. The van der Waals surface area contributed by atoms with E-state index in [1.807, 2.05) is 0 Å². The van der Waals surface area contributed by atoms with Crippen molar-refractivity contribution in [3.05, 3.63) is 23.9 Å². The van der Waals surface area contributed by atoms with Gasteiger partial charge in [0.25, 0.3) is 0 Å². The van der Waals surface area contributed by atoms with Crippen molar-refractivity contribution in [1.82, 2.24) is 4.98 Å². The summed E-state index contributed by atoms with van der Waals surface area (Å²) in [7, 11) is -3.41. The van der Waals surface area contributed by atoms with Gasteiger partial charge in [-0.15, -0.1) is 0 Å². The van der Waals surface area contributed by atoms with Crippen LogP contribution < -0.4 is 5.73 Å². The summed E-state index contributed by atoms with van der Waals surface area (Å²) < 4.78 is 23.5. The Bertz CT molecular complexity index is 443. The molecule has 0 radical (unpaired) electrons. The number of pyridine rings is 1. The summed E-state index contributed by atoms with van der Waals surface area (Å²) in [6.45, 7) is 1.63. The molecule has 3 N–H and O–H groups in total. The van der Waals surface area contributed by atoms with Crippen molar-refractivity contribution in [3.63, 3.8) is 0 Å². The quantitative estimate of drug-likeness (QED) is 0.774. The fraction of sp³-hybridized carbons (Fsp3) is 0.500. The van der Waals surface area contributed by atoms with E-state index in [9.17, 15) is 8.42 Å². The third-order valence-electron chi connectivity index (χ3n) is 2.17. The smallest absolute Gasteiger partial charge is 0.195 e. The summed E-state index contributed by atoms with van der Waals surface area (Å²) in [5, 5.41) is 8.64. The van der Waals surface area contributed by atoms with Crippen molar-refractivity contribution in [2.24, 2.45) is 5.73 Å². The third-order valence-corrected chi connectivity index (χ3v) is 3.86. The number of hydrogen-bond donors (Lipinski definition) is 2. The topological polar surface area (TPSA) is 93.3 Å². The van der Waals surface area contributed by atoms with Gasteiger partial charge in [-0.1, -0.05) is 0 Å². The highest BCUT2D eigenvalue weighted by molar-refractivity contribution is 7.91. The van der Waals surface area contributed by atoms with Crippen LogP contribution in [-0.2, 0) is 9.84 Å². The van der Waals surface area contributed by atoms with Crippen LogP contribution in [0.3, 0.4) is 0 Å². The fourth-order valence-electron chi connectivity index (χ4n) is 1.24. The van der Waals surface area contributed by atoms with Gasteiger partial charge >= 0.3 is 0 Å². The average molecular weight is 244 g/mol. The van der Waals surface area contributed by atoms with E-state index in [0.29, 0.717) is 0 Å². The summed E-state index contributed by atoms with van der Waals surface area (Å²) in [4.78, 5) is 3.82. The molecule has 0 unspecified atom stereocenters. The largest absolute Gasteiger partial charge is 0.396 e. The zero-order valence-electron chi connectivity index (χ0n) is 9.13. The number of nitrogens with two attached hydrogens (primary N) is 1. The molecule has 1 rings (SSSR count). The van der Waals surface area contributed by atoms with Gasteiger partial charge < -0.3 is 10.8 Å². The molecule has 0 saturated heterocycles. The van der Waals surface area contributed by atoms with Crippen molar-refractivity contribution in [2.75, 3.05) is 12.4 Å². The van der Waals surface area contributed by atoms with Crippen molar-refractivity contribution < 1.29 is 13.5 Å². The predicted molar refractivity (Wildman–Crippen MR) is 60.6 cm³/mol. The molecular formula is C10H16N2O3S. The van der Waals surface area contributed by atoms with Gasteiger partial charge in [0.2, 0.25) is 0 Å². The SMILES string of the molecule is C[C@H](N)c1ccnc(S(=O)(=O)CCCO)c1. The molecular weight excluding hydrogens is 228 g/mol. The van der Waals surface area contributed by atoms with Gasteiger partial charge in [-0.05, 0) is 31.0 Å². The zero-order chi connectivity index (χ0) is 12.2. The number of hydrogen-bond acceptors (Lipinski definition) is 5. The minimum atomic E-state index is -3.41. The van der Waals surface area contributed by atoms with Gasteiger partial charge in [-0.3, -0.25) is 0 Å². The molecule has 0 spiro atoms. The Balaban J connectivity index is 2.99. The zero-order valence-corrected chi connectivity index (χ0v) is 9.94. The maximum absolute atomic E-state index is 11.8. The lowest BCUT2D eigenvalue weighted by molar-refractivity contribution is 0.295. The van der Waals surface area contributed by atoms with Crippen LogP contribution in [0.25, 0.3) is 0 Å². The van der Waals surface area contributed by atoms with E-state index in [4.69, 9.17) is 10.8 Å². The van der Waals surface area contributed by atoms with E-state index in [2.05, 4.69) is 4.98 Å². The second kappa shape index (κ2) is 5.38. The Morgan fingerprint density at radius 2 is 2.25 bits per heavy atom. The Morgan fingerprint density at radius 1 is 1.56 bits per heavy atom. The minimum Gasteiger partial charge on any atom is -0.396 e. The number of aliphatic hydroxyl groups is 1. The Morgan fingerprint density at radius 3 is 2.81 bits per heavy atom. The highest BCUT2D eigenvalue weighted by Crippen LogP contribution is 2.14. The fourth-order valence-corrected chi connectivity index (χ4v) is 2.49. The van der Waals surface area contributed by atoms with E-state index in [1.54, 1.807) is 13.0 Å². The van der Waals surface area contributed by atoms with E-state index in [1.165, 1.54) is 12.3 Å². The maximum atomic E-state index is 11.8. The second-order valence-corrected chi connectivity index (χ2v) is 5.67. The molecule has 0 fully saturated rings. The molecule has 1 aromatic heterocycles. The Hall–Kier alpha value is -0.980. The number of aromatic nitrogens is 1. The lowest BCUT2D eigenvalue weighted by atomic mass is 10.1. The number of sulfone groups is 1. The second-order valence-electron chi connectivity index (χ2n) is 3.61. The molecule has 90 valence electrons. The minimum absolute atomic E-state index is 0.0238. The molecule has 16 heavy (non-hydrogen) atoms. The van der Waals surface area contributed by atoms with Gasteiger partial charge in [-0.25, -0.2) is 13.4 Å². The molecule has 0 saturated carbocycles. The Labute approximate surface area is 95.2 Å². The van der Waals surface area contributed by atoms with Crippen molar-refractivity contribution in [1.29, 1.82) is 0 Å². The molecule has 0 aliphatic heterocycles. The summed E-state index contributed by atoms with van der Waals surface area (Å²) in [5.74, 6) is -0.0983. The van der Waals surface area contributed by atoms with Crippen LogP contribution in [0.5, 0.6) is 0 Å². The number of aliphatic hydroxyl groups excluding tert-OH is 1. The van der Waals surface area contributed by atoms with Crippen molar-refractivity contribution in [2.45, 2.75) is 24.4 Å². The molecule has 1 aromatic rings. The van der Waals surface area contributed by atoms with Crippen LogP contribution >= 0.6 is 0 Å².